The molecule has 0 bridgehead atoms. The summed E-state index contributed by atoms with van der Waals surface area (Å²) in [6.07, 6.45) is 0. The second kappa shape index (κ2) is 14.9. The Morgan fingerprint density at radius 1 is 0.286 bits per heavy atom. The van der Waals surface area contributed by atoms with E-state index in [2.05, 4.69) is 275 Å². The molecular formula is C67H43N3. The van der Waals surface area contributed by atoms with E-state index in [1.165, 1.54) is 105 Å². The minimum Gasteiger partial charge on any atom is -0.310 e. The fourth-order valence-electron chi connectivity index (χ4n) is 12.5. The summed E-state index contributed by atoms with van der Waals surface area (Å²) in [6.45, 7) is 0. The molecule has 0 aliphatic heterocycles. The Labute approximate surface area is 406 Å². The maximum absolute atomic E-state index is 2.52. The third-order valence-electron chi connectivity index (χ3n) is 15.3. The molecule has 0 fully saturated rings. The highest BCUT2D eigenvalue weighted by molar-refractivity contribution is 6.19. The Hall–Kier alpha value is -9.18. The van der Waals surface area contributed by atoms with Crippen molar-refractivity contribution in [3.8, 4) is 44.8 Å². The van der Waals surface area contributed by atoms with Gasteiger partial charge in [-0.15, -0.1) is 0 Å². The van der Waals surface area contributed by atoms with E-state index in [0.717, 1.165) is 22.7 Å². The van der Waals surface area contributed by atoms with Gasteiger partial charge in [-0.1, -0.05) is 176 Å². The first kappa shape index (κ1) is 38.9. The SMILES string of the molecule is c1ccc(-c2ccc(N(c3ccccc3)c3ccc4c(c3)c3ccccc3n4-c3ccc4c(c3)C3(c5ccccc5-4)c4ccccc4-c4c3ccc3c4c4ccccc4n3-c3ccccc3)cc2)cc1. The molecule has 2 aromatic heterocycles. The van der Waals surface area contributed by atoms with Gasteiger partial charge in [-0.2, -0.15) is 0 Å². The minimum absolute atomic E-state index is 0.532. The molecule has 0 amide bonds. The summed E-state index contributed by atoms with van der Waals surface area (Å²) in [5, 5.41) is 5.00. The number of fused-ring (bicyclic) bond motifs is 17. The maximum Gasteiger partial charge on any atom is 0.0726 e. The zero-order valence-electron chi connectivity index (χ0n) is 38.2. The average molecular weight is 890 g/mol. The molecule has 0 radical (unpaired) electrons. The Balaban J connectivity index is 0.947. The van der Waals surface area contributed by atoms with Crippen molar-refractivity contribution in [2.75, 3.05) is 4.90 Å². The van der Waals surface area contributed by atoms with Crippen LogP contribution >= 0.6 is 0 Å². The summed E-state index contributed by atoms with van der Waals surface area (Å²) in [5.41, 5.74) is 22.8. The number of hydrogen-bond acceptors (Lipinski definition) is 1. The van der Waals surface area contributed by atoms with Crippen LogP contribution in [0.3, 0.4) is 0 Å². The van der Waals surface area contributed by atoms with Gasteiger partial charge < -0.3 is 14.0 Å². The molecule has 0 saturated carbocycles. The van der Waals surface area contributed by atoms with Gasteiger partial charge in [-0.25, -0.2) is 0 Å². The lowest BCUT2D eigenvalue weighted by Gasteiger charge is -2.31. The lowest BCUT2D eigenvalue weighted by Crippen LogP contribution is -2.26. The molecule has 2 aliphatic rings. The third-order valence-corrected chi connectivity index (χ3v) is 15.3. The van der Waals surface area contributed by atoms with Crippen LogP contribution in [0.5, 0.6) is 0 Å². The second-order valence-electron chi connectivity index (χ2n) is 18.8. The number of benzene rings is 11. The maximum atomic E-state index is 2.52. The highest BCUT2D eigenvalue weighted by Gasteiger charge is 2.52. The standard InChI is InChI=1S/C67H43N3/c1-4-18-44(19-5-1)45-32-34-48(35-33-45)68(46-20-6-2-7-21-46)49-37-40-63-56(42-49)53-25-12-16-30-61(53)70(63)50-36-38-52-51-24-10-14-28-57(51)67(60(52)43-50)58-29-15-11-26-54(58)65-59(67)39-41-64-66(65)55-27-13-17-31-62(55)69(64)47-22-8-3-9-23-47/h1-43H. The van der Waals surface area contributed by atoms with Gasteiger partial charge in [0.2, 0.25) is 0 Å². The van der Waals surface area contributed by atoms with Gasteiger partial charge in [0.05, 0.1) is 27.5 Å². The van der Waals surface area contributed by atoms with Crippen LogP contribution in [0.25, 0.3) is 88.4 Å². The van der Waals surface area contributed by atoms with Crippen molar-refractivity contribution >= 4 is 60.7 Å². The van der Waals surface area contributed by atoms with E-state index in [-0.39, 0.29) is 0 Å². The molecule has 1 atom stereocenters. The average Bonchev–Trinajstić information content (AvgIpc) is 4.14. The summed E-state index contributed by atoms with van der Waals surface area (Å²) in [5.74, 6) is 0. The first-order valence-corrected chi connectivity index (χ1v) is 24.3. The van der Waals surface area contributed by atoms with Gasteiger partial charge in [0.25, 0.3) is 0 Å². The van der Waals surface area contributed by atoms with E-state index in [1.807, 2.05) is 0 Å². The van der Waals surface area contributed by atoms with Gasteiger partial charge in [-0.05, 0) is 141 Å². The van der Waals surface area contributed by atoms with E-state index >= 15 is 0 Å². The lowest BCUT2D eigenvalue weighted by molar-refractivity contribution is 0.793. The molecule has 326 valence electrons. The van der Waals surface area contributed by atoms with E-state index in [9.17, 15) is 0 Å². The highest BCUT2D eigenvalue weighted by Crippen LogP contribution is 2.64. The van der Waals surface area contributed by atoms with Crippen LogP contribution in [0, 0.1) is 0 Å². The largest absolute Gasteiger partial charge is 0.310 e. The van der Waals surface area contributed by atoms with Crippen LogP contribution in [0.4, 0.5) is 17.1 Å². The molecule has 3 nitrogen and oxygen atoms in total. The molecule has 2 aliphatic carbocycles. The predicted molar refractivity (Wildman–Crippen MR) is 292 cm³/mol. The first-order chi connectivity index (χ1) is 34.8. The predicted octanol–water partition coefficient (Wildman–Crippen LogP) is 17.4. The summed E-state index contributed by atoms with van der Waals surface area (Å²) in [4.78, 5) is 2.37. The van der Waals surface area contributed by atoms with E-state index in [0.29, 0.717) is 0 Å². The summed E-state index contributed by atoms with van der Waals surface area (Å²) in [7, 11) is 0. The summed E-state index contributed by atoms with van der Waals surface area (Å²) >= 11 is 0. The van der Waals surface area contributed by atoms with Crippen molar-refractivity contribution in [1.82, 2.24) is 9.13 Å². The molecule has 13 aromatic rings. The smallest absolute Gasteiger partial charge is 0.0726 e. The fraction of sp³-hybridized carbons (Fsp3) is 0.0149. The Bertz CT molecular complexity index is 4220. The van der Waals surface area contributed by atoms with Crippen molar-refractivity contribution in [3.05, 3.63) is 283 Å². The molecule has 15 rings (SSSR count). The molecule has 1 unspecified atom stereocenters. The molecule has 11 aromatic carbocycles. The normalized spacial score (nSPS) is 14.3. The van der Waals surface area contributed by atoms with E-state index < -0.39 is 5.41 Å². The lowest BCUT2D eigenvalue weighted by atomic mass is 9.70. The zero-order valence-corrected chi connectivity index (χ0v) is 38.2. The second-order valence-corrected chi connectivity index (χ2v) is 18.8. The number of aromatic nitrogens is 2. The molecular weight excluding hydrogens is 847 g/mol. The Morgan fingerprint density at radius 2 is 0.814 bits per heavy atom. The van der Waals surface area contributed by atoms with Crippen LogP contribution in [-0.2, 0) is 5.41 Å². The Kier molecular flexibility index (Phi) is 8.28. The Morgan fingerprint density at radius 3 is 1.59 bits per heavy atom. The number of anilines is 3. The summed E-state index contributed by atoms with van der Waals surface area (Å²) < 4.78 is 4.94. The first-order valence-electron chi connectivity index (χ1n) is 24.3. The highest BCUT2D eigenvalue weighted by atomic mass is 15.1. The van der Waals surface area contributed by atoms with Gasteiger partial charge in [0.15, 0.2) is 0 Å². The van der Waals surface area contributed by atoms with Crippen molar-refractivity contribution in [2.24, 2.45) is 0 Å². The molecule has 0 N–H and O–H groups in total. The molecule has 70 heavy (non-hydrogen) atoms. The number of para-hydroxylation sites is 4. The molecule has 1 spiro atoms. The van der Waals surface area contributed by atoms with Crippen LogP contribution in [0.1, 0.15) is 22.3 Å². The number of nitrogens with zero attached hydrogens (tertiary/aromatic N) is 3. The minimum atomic E-state index is -0.532. The van der Waals surface area contributed by atoms with Gasteiger partial charge >= 0.3 is 0 Å². The van der Waals surface area contributed by atoms with Crippen LogP contribution in [0.2, 0.25) is 0 Å². The van der Waals surface area contributed by atoms with Crippen LogP contribution in [-0.4, -0.2) is 9.13 Å². The van der Waals surface area contributed by atoms with Crippen molar-refractivity contribution in [3.63, 3.8) is 0 Å². The van der Waals surface area contributed by atoms with Crippen molar-refractivity contribution in [1.29, 1.82) is 0 Å². The van der Waals surface area contributed by atoms with E-state index in [1.54, 1.807) is 0 Å². The zero-order chi connectivity index (χ0) is 45.9. The molecule has 2 heterocycles. The van der Waals surface area contributed by atoms with E-state index in [4.69, 9.17) is 0 Å². The number of rotatable bonds is 6. The number of hydrogen-bond donors (Lipinski definition) is 0. The van der Waals surface area contributed by atoms with Crippen LogP contribution in [0.15, 0.2) is 261 Å². The monoisotopic (exact) mass is 889 g/mol. The molecule has 0 saturated heterocycles. The van der Waals surface area contributed by atoms with Crippen molar-refractivity contribution < 1.29 is 0 Å². The van der Waals surface area contributed by atoms with Gasteiger partial charge in [0.1, 0.15) is 0 Å². The summed E-state index contributed by atoms with van der Waals surface area (Å²) in [6, 6.07) is 96.4. The van der Waals surface area contributed by atoms with Gasteiger partial charge in [-0.3, -0.25) is 0 Å². The quantitative estimate of drug-likeness (QED) is 0.162. The topological polar surface area (TPSA) is 13.1 Å². The van der Waals surface area contributed by atoms with Crippen LogP contribution < -0.4 is 4.90 Å². The third kappa shape index (κ3) is 5.34. The van der Waals surface area contributed by atoms with Crippen molar-refractivity contribution in [2.45, 2.75) is 5.41 Å². The van der Waals surface area contributed by atoms with Gasteiger partial charge in [0, 0.05) is 50.0 Å². The fourth-order valence-corrected chi connectivity index (χ4v) is 12.5. The molecule has 3 heteroatoms.